The van der Waals surface area contributed by atoms with Crippen LogP contribution in [-0.4, -0.2) is 50.9 Å². The van der Waals surface area contributed by atoms with E-state index >= 15 is 0 Å². The highest BCUT2D eigenvalue weighted by Crippen LogP contribution is 2.37. The number of hydrogen-bond donors (Lipinski definition) is 1. The minimum absolute atomic E-state index is 0. The number of nitrogens with one attached hydrogen (secondary N) is 1. The van der Waals surface area contributed by atoms with E-state index in [1.807, 2.05) is 19.1 Å². The molecular formula is C24H35Cl3N2O3. The number of aryl methyl sites for hydroxylation is 1. The largest absolute Gasteiger partial charge is 0.490 e. The van der Waals surface area contributed by atoms with Crippen LogP contribution in [0.4, 0.5) is 0 Å². The average molecular weight is 506 g/mol. The van der Waals surface area contributed by atoms with Gasteiger partial charge < -0.3 is 19.5 Å². The zero-order valence-electron chi connectivity index (χ0n) is 18.9. The maximum absolute atomic E-state index is 6.55. The van der Waals surface area contributed by atoms with Crippen molar-refractivity contribution in [2.45, 2.75) is 33.4 Å². The summed E-state index contributed by atoms with van der Waals surface area (Å²) in [5.41, 5.74) is 3.43. The van der Waals surface area contributed by atoms with E-state index in [0.717, 1.165) is 63.5 Å². The van der Waals surface area contributed by atoms with Gasteiger partial charge in [0, 0.05) is 19.6 Å². The molecule has 0 bridgehead atoms. The Labute approximate surface area is 209 Å². The molecule has 1 heterocycles. The van der Waals surface area contributed by atoms with E-state index in [4.69, 9.17) is 25.8 Å². The van der Waals surface area contributed by atoms with Crippen LogP contribution in [0.3, 0.4) is 0 Å². The molecule has 0 radical (unpaired) electrons. The number of ether oxygens (including phenoxy) is 3. The molecule has 0 spiro atoms. The molecule has 1 aliphatic rings. The summed E-state index contributed by atoms with van der Waals surface area (Å²) in [6.07, 6.45) is 1.11. The van der Waals surface area contributed by atoms with Crippen molar-refractivity contribution in [2.75, 3.05) is 46.0 Å². The van der Waals surface area contributed by atoms with Gasteiger partial charge in [0.15, 0.2) is 11.5 Å². The molecule has 1 saturated heterocycles. The molecule has 0 saturated carbocycles. The van der Waals surface area contributed by atoms with Gasteiger partial charge >= 0.3 is 0 Å². The van der Waals surface area contributed by atoms with Gasteiger partial charge in [0.05, 0.1) is 24.8 Å². The van der Waals surface area contributed by atoms with Gasteiger partial charge in [0.2, 0.25) is 0 Å². The first-order valence-corrected chi connectivity index (χ1v) is 11.2. The van der Waals surface area contributed by atoms with Crippen molar-refractivity contribution in [2.24, 2.45) is 0 Å². The Hall–Kier alpha value is -1.21. The summed E-state index contributed by atoms with van der Waals surface area (Å²) in [5.74, 6) is 1.30. The number of halogens is 3. The average Bonchev–Trinajstić information content (AvgIpc) is 2.75. The summed E-state index contributed by atoms with van der Waals surface area (Å²) in [7, 11) is 0. The lowest BCUT2D eigenvalue weighted by molar-refractivity contribution is 0.0374. The zero-order chi connectivity index (χ0) is 21.2. The van der Waals surface area contributed by atoms with Crippen molar-refractivity contribution in [3.63, 3.8) is 0 Å². The third-order valence-corrected chi connectivity index (χ3v) is 5.41. The number of hydrogen-bond acceptors (Lipinski definition) is 5. The summed E-state index contributed by atoms with van der Waals surface area (Å²) >= 11 is 6.55. The first-order chi connectivity index (χ1) is 14.7. The Morgan fingerprint density at radius 1 is 1.03 bits per heavy atom. The standard InChI is InChI=1S/C24H33ClN2O3.2ClH/c1-3-29-23-16-21(17-26-9-4-10-27-11-13-28-14-12-27)15-22(25)24(23)30-18-20-7-5-19(2)6-8-20;;/h5-8,15-16,26H,3-4,9-14,17-18H2,1-2H3;2*1H. The molecule has 1 N–H and O–H groups in total. The second-order valence-electron chi connectivity index (χ2n) is 7.60. The summed E-state index contributed by atoms with van der Waals surface area (Å²) in [5, 5.41) is 4.09. The Kier molecular flexibility index (Phi) is 14.0. The van der Waals surface area contributed by atoms with Crippen molar-refractivity contribution < 1.29 is 14.2 Å². The summed E-state index contributed by atoms with van der Waals surface area (Å²) in [4.78, 5) is 2.45. The molecule has 32 heavy (non-hydrogen) atoms. The predicted molar refractivity (Wildman–Crippen MR) is 136 cm³/mol. The molecule has 2 aromatic rings. The summed E-state index contributed by atoms with van der Waals surface area (Å²) in [6, 6.07) is 12.3. The predicted octanol–water partition coefficient (Wildman–Crippen LogP) is 5.28. The van der Waals surface area contributed by atoms with Crippen molar-refractivity contribution in [1.82, 2.24) is 10.2 Å². The normalized spacial score (nSPS) is 13.7. The van der Waals surface area contributed by atoms with Crippen LogP contribution in [0.15, 0.2) is 36.4 Å². The van der Waals surface area contributed by atoms with E-state index in [1.165, 1.54) is 5.56 Å². The van der Waals surface area contributed by atoms with Gasteiger partial charge in [-0.05, 0) is 56.6 Å². The van der Waals surface area contributed by atoms with Crippen LogP contribution < -0.4 is 14.8 Å². The molecule has 0 aliphatic carbocycles. The Morgan fingerprint density at radius 2 is 1.75 bits per heavy atom. The molecule has 1 aliphatic heterocycles. The van der Waals surface area contributed by atoms with Crippen LogP contribution in [0, 0.1) is 6.92 Å². The molecule has 0 unspecified atom stereocenters. The van der Waals surface area contributed by atoms with E-state index < -0.39 is 0 Å². The fourth-order valence-electron chi connectivity index (χ4n) is 3.45. The second kappa shape index (κ2) is 15.6. The molecule has 0 amide bonds. The molecule has 3 rings (SSSR count). The number of rotatable bonds is 11. The van der Waals surface area contributed by atoms with E-state index in [1.54, 1.807) is 0 Å². The van der Waals surface area contributed by atoms with Gasteiger partial charge in [0.25, 0.3) is 0 Å². The lowest BCUT2D eigenvalue weighted by Crippen LogP contribution is -2.37. The van der Waals surface area contributed by atoms with Crippen molar-refractivity contribution >= 4 is 36.4 Å². The topological polar surface area (TPSA) is 43.0 Å². The number of nitrogens with zero attached hydrogens (tertiary/aromatic N) is 1. The van der Waals surface area contributed by atoms with Gasteiger partial charge in [-0.15, -0.1) is 24.8 Å². The van der Waals surface area contributed by atoms with Crippen LogP contribution in [0.1, 0.15) is 30.0 Å². The molecule has 0 atom stereocenters. The van der Waals surface area contributed by atoms with Crippen molar-refractivity contribution in [3.8, 4) is 11.5 Å². The fraction of sp³-hybridized carbons (Fsp3) is 0.500. The van der Waals surface area contributed by atoms with Crippen LogP contribution in [0.25, 0.3) is 0 Å². The highest BCUT2D eigenvalue weighted by atomic mass is 35.5. The van der Waals surface area contributed by atoms with Gasteiger partial charge in [-0.3, -0.25) is 4.90 Å². The molecule has 1 fully saturated rings. The molecular weight excluding hydrogens is 471 g/mol. The SMILES string of the molecule is CCOc1cc(CNCCCN2CCOCC2)cc(Cl)c1OCc1ccc(C)cc1.Cl.Cl. The highest BCUT2D eigenvalue weighted by Gasteiger charge is 2.13. The third kappa shape index (κ3) is 9.34. The number of morpholine rings is 1. The molecule has 0 aromatic heterocycles. The quantitative estimate of drug-likeness (QED) is 0.421. The molecule has 5 nitrogen and oxygen atoms in total. The van der Waals surface area contributed by atoms with Gasteiger partial charge in [0.1, 0.15) is 6.61 Å². The fourth-order valence-corrected chi connectivity index (χ4v) is 3.74. The molecule has 180 valence electrons. The molecule has 8 heteroatoms. The second-order valence-corrected chi connectivity index (χ2v) is 8.00. The van der Waals surface area contributed by atoms with E-state index in [2.05, 4.69) is 41.4 Å². The van der Waals surface area contributed by atoms with Crippen LogP contribution in [-0.2, 0) is 17.9 Å². The lowest BCUT2D eigenvalue weighted by Gasteiger charge is -2.26. The lowest BCUT2D eigenvalue weighted by atomic mass is 10.1. The van der Waals surface area contributed by atoms with Crippen LogP contribution in [0.2, 0.25) is 5.02 Å². The van der Waals surface area contributed by atoms with Crippen molar-refractivity contribution in [1.29, 1.82) is 0 Å². The summed E-state index contributed by atoms with van der Waals surface area (Å²) in [6.45, 7) is 11.7. The highest BCUT2D eigenvalue weighted by molar-refractivity contribution is 6.32. The van der Waals surface area contributed by atoms with Crippen LogP contribution in [0.5, 0.6) is 11.5 Å². The minimum atomic E-state index is 0. The van der Waals surface area contributed by atoms with E-state index in [9.17, 15) is 0 Å². The van der Waals surface area contributed by atoms with Gasteiger partial charge in [-0.25, -0.2) is 0 Å². The molecule has 2 aromatic carbocycles. The van der Waals surface area contributed by atoms with Gasteiger partial charge in [-0.1, -0.05) is 41.4 Å². The first-order valence-electron chi connectivity index (χ1n) is 10.8. The zero-order valence-corrected chi connectivity index (χ0v) is 21.3. The van der Waals surface area contributed by atoms with Gasteiger partial charge in [-0.2, -0.15) is 0 Å². The smallest absolute Gasteiger partial charge is 0.180 e. The monoisotopic (exact) mass is 504 g/mol. The Bertz CT molecular complexity index is 785. The maximum Gasteiger partial charge on any atom is 0.180 e. The first kappa shape index (κ1) is 28.8. The maximum atomic E-state index is 6.55. The minimum Gasteiger partial charge on any atom is -0.490 e. The summed E-state index contributed by atoms with van der Waals surface area (Å²) < 4.78 is 17.2. The van der Waals surface area contributed by atoms with E-state index in [0.29, 0.717) is 29.7 Å². The Balaban J connectivity index is 0.00000256. The van der Waals surface area contributed by atoms with Crippen LogP contribution >= 0.6 is 36.4 Å². The van der Waals surface area contributed by atoms with E-state index in [-0.39, 0.29) is 24.8 Å². The number of benzene rings is 2. The Morgan fingerprint density at radius 3 is 2.44 bits per heavy atom. The van der Waals surface area contributed by atoms with Crippen molar-refractivity contribution in [3.05, 3.63) is 58.1 Å². The third-order valence-electron chi connectivity index (χ3n) is 5.13.